The Hall–Kier alpha value is -1.65. The molecule has 0 spiro atoms. The highest BCUT2D eigenvalue weighted by atomic mass is 16.4. The summed E-state index contributed by atoms with van der Waals surface area (Å²) in [4.78, 5) is 6.92. The maximum Gasteiger partial charge on any atom is 0.132 e. The predicted octanol–water partition coefficient (Wildman–Crippen LogP) is 3.54. The maximum absolute atomic E-state index is 10.4. The summed E-state index contributed by atoms with van der Waals surface area (Å²) >= 11 is 0. The van der Waals surface area contributed by atoms with Gasteiger partial charge in [-0.1, -0.05) is 18.9 Å². The van der Waals surface area contributed by atoms with Crippen molar-refractivity contribution in [1.82, 2.24) is 9.88 Å². The summed E-state index contributed by atoms with van der Waals surface area (Å²) in [6, 6.07) is 10.1. The molecule has 1 N–H and O–H groups in total. The summed E-state index contributed by atoms with van der Waals surface area (Å²) in [6.45, 7) is 1.93. The second-order valence-corrected chi connectivity index (χ2v) is 6.06. The standard InChI is InChI=1S/C18H24N2O2/c21-17(18-9-6-12-22-18)13-16-8-2-1-5-11-20(16)14-15-7-3-4-10-19-15/h3-4,6-7,9-10,12,16-17,21H,1-2,5,8,11,13-14H2/t16-,17+/m1/s1. The molecule has 0 unspecified atom stereocenters. The number of furan rings is 1. The fourth-order valence-corrected chi connectivity index (χ4v) is 3.27. The molecule has 0 aliphatic carbocycles. The number of rotatable bonds is 5. The Balaban J connectivity index is 1.67. The highest BCUT2D eigenvalue weighted by Crippen LogP contribution is 2.27. The zero-order valence-corrected chi connectivity index (χ0v) is 12.9. The lowest BCUT2D eigenvalue weighted by Gasteiger charge is -2.30. The van der Waals surface area contributed by atoms with E-state index in [1.54, 1.807) is 6.26 Å². The summed E-state index contributed by atoms with van der Waals surface area (Å²) in [5, 5.41) is 10.4. The molecule has 0 radical (unpaired) electrons. The lowest BCUT2D eigenvalue weighted by molar-refractivity contribution is 0.0825. The number of likely N-dealkylation sites (tertiary alicyclic amines) is 1. The Morgan fingerprint density at radius 3 is 2.95 bits per heavy atom. The van der Waals surface area contributed by atoms with E-state index in [1.165, 1.54) is 19.3 Å². The molecule has 0 amide bonds. The fraction of sp³-hybridized carbons (Fsp3) is 0.500. The van der Waals surface area contributed by atoms with E-state index in [2.05, 4.69) is 16.0 Å². The third kappa shape index (κ3) is 3.96. The highest BCUT2D eigenvalue weighted by Gasteiger charge is 2.25. The minimum Gasteiger partial charge on any atom is -0.467 e. The van der Waals surface area contributed by atoms with Crippen molar-refractivity contribution in [3.05, 3.63) is 54.2 Å². The topological polar surface area (TPSA) is 49.5 Å². The van der Waals surface area contributed by atoms with Crippen LogP contribution in [0, 0.1) is 0 Å². The molecule has 118 valence electrons. The monoisotopic (exact) mass is 300 g/mol. The number of aromatic nitrogens is 1. The van der Waals surface area contributed by atoms with E-state index in [4.69, 9.17) is 4.42 Å². The van der Waals surface area contributed by atoms with E-state index < -0.39 is 6.10 Å². The largest absolute Gasteiger partial charge is 0.467 e. The quantitative estimate of drug-likeness (QED) is 0.917. The number of pyridine rings is 1. The number of hydrogen-bond acceptors (Lipinski definition) is 4. The summed E-state index contributed by atoms with van der Waals surface area (Å²) in [5.41, 5.74) is 1.10. The molecule has 22 heavy (non-hydrogen) atoms. The van der Waals surface area contributed by atoms with Crippen molar-refractivity contribution in [3.63, 3.8) is 0 Å². The van der Waals surface area contributed by atoms with Gasteiger partial charge in [0, 0.05) is 18.8 Å². The van der Waals surface area contributed by atoms with Crippen LogP contribution in [0.4, 0.5) is 0 Å². The molecule has 0 saturated carbocycles. The summed E-state index contributed by atoms with van der Waals surface area (Å²) in [5.74, 6) is 0.669. The van der Waals surface area contributed by atoms with E-state index >= 15 is 0 Å². The van der Waals surface area contributed by atoms with Crippen LogP contribution < -0.4 is 0 Å². The fourth-order valence-electron chi connectivity index (χ4n) is 3.27. The maximum atomic E-state index is 10.4. The van der Waals surface area contributed by atoms with Crippen LogP contribution in [0.5, 0.6) is 0 Å². The molecule has 1 fully saturated rings. The van der Waals surface area contributed by atoms with Gasteiger partial charge in [0.05, 0.1) is 12.0 Å². The second-order valence-electron chi connectivity index (χ2n) is 6.06. The van der Waals surface area contributed by atoms with Crippen LogP contribution in [-0.4, -0.2) is 27.6 Å². The van der Waals surface area contributed by atoms with Gasteiger partial charge in [-0.3, -0.25) is 9.88 Å². The number of aliphatic hydroxyl groups is 1. The van der Waals surface area contributed by atoms with Crippen molar-refractivity contribution < 1.29 is 9.52 Å². The molecule has 1 saturated heterocycles. The molecule has 2 aromatic heterocycles. The second kappa shape index (κ2) is 7.56. The average molecular weight is 300 g/mol. The van der Waals surface area contributed by atoms with E-state index in [1.807, 2.05) is 30.5 Å². The van der Waals surface area contributed by atoms with Gasteiger partial charge >= 0.3 is 0 Å². The van der Waals surface area contributed by atoms with Crippen molar-refractivity contribution in [2.24, 2.45) is 0 Å². The lowest BCUT2D eigenvalue weighted by atomic mass is 10.0. The van der Waals surface area contributed by atoms with Crippen LogP contribution in [0.3, 0.4) is 0 Å². The highest BCUT2D eigenvalue weighted by molar-refractivity contribution is 5.05. The third-order valence-electron chi connectivity index (χ3n) is 4.46. The van der Waals surface area contributed by atoms with Gasteiger partial charge in [-0.2, -0.15) is 0 Å². The number of aliphatic hydroxyl groups excluding tert-OH is 1. The van der Waals surface area contributed by atoms with Gasteiger partial charge in [-0.05, 0) is 50.1 Å². The molecule has 2 aromatic rings. The van der Waals surface area contributed by atoms with Gasteiger partial charge in [-0.25, -0.2) is 0 Å². The SMILES string of the molecule is O[C@@H](C[C@H]1CCCCCN1Cc1ccccn1)c1ccco1. The van der Waals surface area contributed by atoms with Crippen molar-refractivity contribution in [3.8, 4) is 0 Å². The number of nitrogens with zero attached hydrogens (tertiary/aromatic N) is 2. The first-order chi connectivity index (χ1) is 10.8. The first-order valence-electron chi connectivity index (χ1n) is 8.18. The zero-order valence-electron chi connectivity index (χ0n) is 12.9. The Kier molecular flexibility index (Phi) is 5.24. The molecule has 3 rings (SSSR count). The first-order valence-corrected chi connectivity index (χ1v) is 8.18. The molecule has 1 aliphatic rings. The van der Waals surface area contributed by atoms with Crippen LogP contribution in [0.2, 0.25) is 0 Å². The van der Waals surface area contributed by atoms with Gasteiger partial charge in [-0.15, -0.1) is 0 Å². The molecule has 0 bridgehead atoms. The van der Waals surface area contributed by atoms with Gasteiger partial charge in [0.15, 0.2) is 0 Å². The normalized spacial score (nSPS) is 21.4. The first kappa shape index (κ1) is 15.3. The minimum absolute atomic E-state index is 0.379. The Bertz CT molecular complexity index is 541. The average Bonchev–Trinajstić information content (AvgIpc) is 3.00. The number of hydrogen-bond donors (Lipinski definition) is 1. The van der Waals surface area contributed by atoms with Crippen LogP contribution in [0.1, 0.15) is 49.7 Å². The van der Waals surface area contributed by atoms with Crippen molar-refractivity contribution in [2.75, 3.05) is 6.54 Å². The van der Waals surface area contributed by atoms with Crippen LogP contribution in [-0.2, 0) is 6.54 Å². The van der Waals surface area contributed by atoms with Crippen molar-refractivity contribution in [2.45, 2.75) is 50.8 Å². The third-order valence-corrected chi connectivity index (χ3v) is 4.46. The molecule has 0 aromatic carbocycles. The van der Waals surface area contributed by atoms with Crippen LogP contribution in [0.25, 0.3) is 0 Å². The van der Waals surface area contributed by atoms with E-state index in [0.717, 1.165) is 31.6 Å². The van der Waals surface area contributed by atoms with Gasteiger partial charge in [0.25, 0.3) is 0 Å². The molecule has 3 heterocycles. The van der Waals surface area contributed by atoms with Crippen molar-refractivity contribution >= 4 is 0 Å². The van der Waals surface area contributed by atoms with Crippen molar-refractivity contribution in [1.29, 1.82) is 0 Å². The molecule has 1 aliphatic heterocycles. The molecule has 2 atom stereocenters. The minimum atomic E-state index is -0.524. The Morgan fingerprint density at radius 2 is 2.18 bits per heavy atom. The van der Waals surface area contributed by atoms with E-state index in [0.29, 0.717) is 11.8 Å². The van der Waals surface area contributed by atoms with Crippen LogP contribution in [0.15, 0.2) is 47.2 Å². The van der Waals surface area contributed by atoms with Crippen LogP contribution >= 0.6 is 0 Å². The van der Waals surface area contributed by atoms with E-state index in [-0.39, 0.29) is 0 Å². The molecular formula is C18H24N2O2. The zero-order chi connectivity index (χ0) is 15.2. The predicted molar refractivity (Wildman–Crippen MR) is 85.2 cm³/mol. The molecule has 4 heteroatoms. The molecule has 4 nitrogen and oxygen atoms in total. The Morgan fingerprint density at radius 1 is 1.23 bits per heavy atom. The molecular weight excluding hydrogens is 276 g/mol. The lowest BCUT2D eigenvalue weighted by Crippen LogP contribution is -2.35. The summed E-state index contributed by atoms with van der Waals surface area (Å²) in [6.07, 6.45) is 8.52. The van der Waals surface area contributed by atoms with Gasteiger partial charge in [0.1, 0.15) is 11.9 Å². The Labute approximate surface area is 131 Å². The smallest absolute Gasteiger partial charge is 0.132 e. The summed E-state index contributed by atoms with van der Waals surface area (Å²) < 4.78 is 5.34. The summed E-state index contributed by atoms with van der Waals surface area (Å²) in [7, 11) is 0. The van der Waals surface area contributed by atoms with Gasteiger partial charge < -0.3 is 9.52 Å². The van der Waals surface area contributed by atoms with Gasteiger partial charge in [0.2, 0.25) is 0 Å². The van der Waals surface area contributed by atoms with E-state index in [9.17, 15) is 5.11 Å².